The van der Waals surface area contributed by atoms with E-state index in [1.807, 2.05) is 6.92 Å². The van der Waals surface area contributed by atoms with Crippen molar-refractivity contribution in [2.75, 3.05) is 6.54 Å². The summed E-state index contributed by atoms with van der Waals surface area (Å²) < 4.78 is 0.734. The number of hydrogen-bond acceptors (Lipinski definition) is 1. The number of benzene rings is 1. The van der Waals surface area contributed by atoms with Gasteiger partial charge in [0.2, 0.25) is 0 Å². The van der Waals surface area contributed by atoms with E-state index in [2.05, 4.69) is 21.2 Å². The SMILES string of the molecule is CCNC(=O)c1cccc(Br)c1Cl. The standard InChI is InChI=1S/C9H9BrClNO/c1-2-12-9(13)6-4-3-5-7(10)8(6)11/h3-5H,2H2,1H3,(H,12,13). The molecule has 70 valence electrons. The zero-order chi connectivity index (χ0) is 9.84. The van der Waals surface area contributed by atoms with Crippen LogP contribution >= 0.6 is 27.5 Å². The van der Waals surface area contributed by atoms with Gasteiger partial charge in [0.05, 0.1) is 10.6 Å². The lowest BCUT2D eigenvalue weighted by Gasteiger charge is -2.04. The Hall–Kier alpha value is -0.540. The highest BCUT2D eigenvalue weighted by Crippen LogP contribution is 2.25. The zero-order valence-electron chi connectivity index (χ0n) is 7.10. The summed E-state index contributed by atoms with van der Waals surface area (Å²) >= 11 is 9.17. The van der Waals surface area contributed by atoms with Crippen molar-refractivity contribution in [3.05, 3.63) is 33.3 Å². The molecule has 1 amide bonds. The van der Waals surface area contributed by atoms with E-state index in [9.17, 15) is 4.79 Å². The minimum atomic E-state index is -0.145. The van der Waals surface area contributed by atoms with Crippen LogP contribution in [-0.4, -0.2) is 12.5 Å². The average molecular weight is 263 g/mol. The summed E-state index contributed by atoms with van der Waals surface area (Å²) in [5, 5.41) is 3.14. The predicted octanol–water partition coefficient (Wildman–Crippen LogP) is 2.85. The molecule has 0 aliphatic rings. The topological polar surface area (TPSA) is 29.1 Å². The van der Waals surface area contributed by atoms with Crippen LogP contribution in [0.1, 0.15) is 17.3 Å². The molecule has 0 aliphatic heterocycles. The first kappa shape index (κ1) is 10.5. The van der Waals surface area contributed by atoms with Gasteiger partial charge in [0.15, 0.2) is 0 Å². The van der Waals surface area contributed by atoms with E-state index in [0.29, 0.717) is 17.1 Å². The van der Waals surface area contributed by atoms with Crippen LogP contribution in [0.3, 0.4) is 0 Å². The van der Waals surface area contributed by atoms with Crippen LogP contribution in [0.2, 0.25) is 5.02 Å². The van der Waals surface area contributed by atoms with E-state index in [0.717, 1.165) is 4.47 Å². The van der Waals surface area contributed by atoms with Crippen molar-refractivity contribution in [2.45, 2.75) is 6.92 Å². The van der Waals surface area contributed by atoms with Crippen LogP contribution < -0.4 is 5.32 Å². The molecule has 0 atom stereocenters. The Morgan fingerprint density at radius 2 is 2.31 bits per heavy atom. The summed E-state index contributed by atoms with van der Waals surface area (Å²) in [5.41, 5.74) is 0.498. The van der Waals surface area contributed by atoms with Crippen molar-refractivity contribution in [3.63, 3.8) is 0 Å². The molecule has 0 saturated carbocycles. The molecule has 0 bridgehead atoms. The average Bonchev–Trinajstić information content (AvgIpc) is 2.10. The lowest BCUT2D eigenvalue weighted by atomic mass is 10.2. The lowest BCUT2D eigenvalue weighted by molar-refractivity contribution is 0.0956. The van der Waals surface area contributed by atoms with Crippen molar-refractivity contribution < 1.29 is 4.79 Å². The highest BCUT2D eigenvalue weighted by molar-refractivity contribution is 9.10. The van der Waals surface area contributed by atoms with E-state index < -0.39 is 0 Å². The van der Waals surface area contributed by atoms with E-state index in [1.165, 1.54) is 0 Å². The first-order valence-electron chi connectivity index (χ1n) is 3.89. The van der Waals surface area contributed by atoms with Gasteiger partial charge in [-0.15, -0.1) is 0 Å². The molecule has 0 unspecified atom stereocenters. The molecule has 1 N–H and O–H groups in total. The van der Waals surface area contributed by atoms with Crippen LogP contribution in [0.25, 0.3) is 0 Å². The number of nitrogens with one attached hydrogen (secondary N) is 1. The molecule has 0 heterocycles. The Morgan fingerprint density at radius 3 is 2.92 bits per heavy atom. The highest BCUT2D eigenvalue weighted by Gasteiger charge is 2.10. The Kier molecular flexibility index (Phi) is 3.75. The number of carbonyl (C=O) groups is 1. The summed E-state index contributed by atoms with van der Waals surface area (Å²) in [6.07, 6.45) is 0. The molecular weight excluding hydrogens is 253 g/mol. The molecule has 1 rings (SSSR count). The third kappa shape index (κ3) is 2.45. The fourth-order valence-corrected chi connectivity index (χ4v) is 1.51. The van der Waals surface area contributed by atoms with Crippen LogP contribution in [0, 0.1) is 0 Å². The molecule has 0 aromatic heterocycles. The first-order valence-corrected chi connectivity index (χ1v) is 5.06. The van der Waals surface area contributed by atoms with Gasteiger partial charge in [-0.2, -0.15) is 0 Å². The van der Waals surface area contributed by atoms with Crippen LogP contribution in [0.4, 0.5) is 0 Å². The zero-order valence-corrected chi connectivity index (χ0v) is 9.45. The lowest BCUT2D eigenvalue weighted by Crippen LogP contribution is -2.22. The quantitative estimate of drug-likeness (QED) is 0.872. The van der Waals surface area contributed by atoms with Gasteiger partial charge in [-0.3, -0.25) is 4.79 Å². The van der Waals surface area contributed by atoms with E-state index in [4.69, 9.17) is 11.6 Å². The third-order valence-corrected chi connectivity index (χ3v) is 2.83. The van der Waals surface area contributed by atoms with Gasteiger partial charge in [0.1, 0.15) is 0 Å². The fraction of sp³-hybridized carbons (Fsp3) is 0.222. The van der Waals surface area contributed by atoms with Gasteiger partial charge in [0.25, 0.3) is 5.91 Å². The highest BCUT2D eigenvalue weighted by atomic mass is 79.9. The van der Waals surface area contributed by atoms with Crippen molar-refractivity contribution in [2.24, 2.45) is 0 Å². The maximum atomic E-state index is 11.4. The smallest absolute Gasteiger partial charge is 0.252 e. The molecule has 0 fully saturated rings. The second-order valence-electron chi connectivity index (χ2n) is 2.46. The Bertz CT molecular complexity index is 327. The van der Waals surface area contributed by atoms with Crippen LogP contribution in [0.15, 0.2) is 22.7 Å². The van der Waals surface area contributed by atoms with Crippen molar-refractivity contribution in [3.8, 4) is 0 Å². The maximum absolute atomic E-state index is 11.4. The largest absolute Gasteiger partial charge is 0.352 e. The Labute approximate surface area is 90.4 Å². The number of carbonyl (C=O) groups excluding carboxylic acids is 1. The molecule has 0 spiro atoms. The Morgan fingerprint density at radius 1 is 1.62 bits per heavy atom. The number of hydrogen-bond donors (Lipinski definition) is 1. The van der Waals surface area contributed by atoms with Gasteiger partial charge in [-0.1, -0.05) is 17.7 Å². The summed E-state index contributed by atoms with van der Waals surface area (Å²) in [5.74, 6) is -0.145. The van der Waals surface area contributed by atoms with Crippen LogP contribution in [-0.2, 0) is 0 Å². The van der Waals surface area contributed by atoms with Crippen molar-refractivity contribution >= 4 is 33.4 Å². The number of amides is 1. The molecule has 4 heteroatoms. The number of rotatable bonds is 2. The molecule has 0 saturated heterocycles. The molecule has 13 heavy (non-hydrogen) atoms. The molecule has 0 aliphatic carbocycles. The maximum Gasteiger partial charge on any atom is 0.252 e. The monoisotopic (exact) mass is 261 g/mol. The van der Waals surface area contributed by atoms with Crippen LogP contribution in [0.5, 0.6) is 0 Å². The minimum Gasteiger partial charge on any atom is -0.352 e. The van der Waals surface area contributed by atoms with Gasteiger partial charge in [-0.25, -0.2) is 0 Å². The van der Waals surface area contributed by atoms with Gasteiger partial charge < -0.3 is 5.32 Å². The summed E-state index contributed by atoms with van der Waals surface area (Å²) in [6.45, 7) is 2.46. The van der Waals surface area contributed by atoms with Gasteiger partial charge >= 0.3 is 0 Å². The molecule has 1 aromatic rings. The summed E-state index contributed by atoms with van der Waals surface area (Å²) in [7, 11) is 0. The fourth-order valence-electron chi connectivity index (χ4n) is 0.935. The molecule has 2 nitrogen and oxygen atoms in total. The van der Waals surface area contributed by atoms with Gasteiger partial charge in [-0.05, 0) is 35.0 Å². The summed E-state index contributed by atoms with van der Waals surface area (Å²) in [4.78, 5) is 11.4. The van der Waals surface area contributed by atoms with E-state index in [-0.39, 0.29) is 5.91 Å². The molecular formula is C9H9BrClNO. The van der Waals surface area contributed by atoms with Crippen molar-refractivity contribution in [1.82, 2.24) is 5.32 Å². The first-order chi connectivity index (χ1) is 6.16. The molecule has 0 radical (unpaired) electrons. The Balaban J connectivity index is 3.01. The second kappa shape index (κ2) is 4.63. The van der Waals surface area contributed by atoms with Crippen molar-refractivity contribution in [1.29, 1.82) is 0 Å². The van der Waals surface area contributed by atoms with E-state index >= 15 is 0 Å². The predicted molar refractivity (Wildman–Crippen MR) is 57.2 cm³/mol. The summed E-state index contributed by atoms with van der Waals surface area (Å²) in [6, 6.07) is 5.27. The minimum absolute atomic E-state index is 0.145. The second-order valence-corrected chi connectivity index (χ2v) is 3.69. The molecule has 1 aromatic carbocycles. The normalized spacial score (nSPS) is 9.77. The number of halogens is 2. The third-order valence-electron chi connectivity index (χ3n) is 1.53. The van der Waals surface area contributed by atoms with Gasteiger partial charge in [0, 0.05) is 11.0 Å². The van der Waals surface area contributed by atoms with E-state index in [1.54, 1.807) is 18.2 Å².